The van der Waals surface area contributed by atoms with Crippen LogP contribution in [0.1, 0.15) is 12.5 Å². The number of aryl methyl sites for hydroxylation is 1. The van der Waals surface area contributed by atoms with E-state index in [-0.39, 0.29) is 24.0 Å². The van der Waals surface area contributed by atoms with Crippen molar-refractivity contribution in [1.29, 1.82) is 0 Å². The fourth-order valence-electron chi connectivity index (χ4n) is 4.56. The quantitative estimate of drug-likeness (QED) is 0.123. The molecule has 0 spiro atoms. The Morgan fingerprint density at radius 3 is 1.62 bits per heavy atom. The van der Waals surface area contributed by atoms with Gasteiger partial charge in [0, 0.05) is 5.69 Å². The summed E-state index contributed by atoms with van der Waals surface area (Å²) in [5.74, 6) is 1.78. The first kappa shape index (κ1) is 27.3. The summed E-state index contributed by atoms with van der Waals surface area (Å²) >= 11 is 1.78. The van der Waals surface area contributed by atoms with Gasteiger partial charge < -0.3 is 29.3 Å². The standard InChI is InChI=1S/C31H29N3PS.HI/c1-3-36-31-29(30(32-23-33-31)34-25-21-19-24(2)20-22-25)35(26-13-7-4-8-14-26,27-15-9-5-10-16-27)28-17-11-6-12-18-28;/h4-23H,3H2,1-2H3,(H,32,33,34);1H/q+1;/p-1. The minimum atomic E-state index is -2.37. The van der Waals surface area contributed by atoms with Crippen LogP contribution in [-0.2, 0) is 0 Å². The number of benzene rings is 4. The Labute approximate surface area is 241 Å². The highest BCUT2D eigenvalue weighted by Crippen LogP contribution is 2.57. The number of nitrogens with one attached hydrogen (secondary N) is 1. The maximum Gasteiger partial charge on any atom is 0.184 e. The minimum absolute atomic E-state index is 0. The van der Waals surface area contributed by atoms with Crippen molar-refractivity contribution >= 4 is 51.7 Å². The van der Waals surface area contributed by atoms with Crippen LogP contribution in [0.4, 0.5) is 11.5 Å². The average Bonchev–Trinajstić information content (AvgIpc) is 2.94. The largest absolute Gasteiger partial charge is 1.00 e. The lowest BCUT2D eigenvalue weighted by Gasteiger charge is -2.29. The molecule has 0 aliphatic carbocycles. The molecule has 37 heavy (non-hydrogen) atoms. The van der Waals surface area contributed by atoms with E-state index in [0.29, 0.717) is 0 Å². The molecule has 1 aromatic heterocycles. The van der Waals surface area contributed by atoms with Gasteiger partial charge in [0.05, 0.1) is 0 Å². The third kappa shape index (κ3) is 5.59. The lowest BCUT2D eigenvalue weighted by atomic mass is 10.2. The summed E-state index contributed by atoms with van der Waals surface area (Å²) in [5, 5.41) is 9.70. The lowest BCUT2D eigenvalue weighted by Crippen LogP contribution is -3.00. The number of aromatic nitrogens is 2. The van der Waals surface area contributed by atoms with Crippen LogP contribution in [0.15, 0.2) is 127 Å². The number of halogens is 1. The number of thioether (sulfide) groups is 1. The molecule has 0 aliphatic rings. The van der Waals surface area contributed by atoms with E-state index in [1.807, 2.05) is 0 Å². The molecule has 3 nitrogen and oxygen atoms in total. The second-order valence-electron chi connectivity index (χ2n) is 8.48. The second kappa shape index (κ2) is 12.7. The van der Waals surface area contributed by atoms with E-state index < -0.39 is 7.26 Å². The first-order valence-corrected chi connectivity index (χ1v) is 14.9. The molecule has 0 bridgehead atoms. The second-order valence-corrected chi connectivity index (χ2v) is 13.1. The molecule has 0 aliphatic heterocycles. The topological polar surface area (TPSA) is 37.8 Å². The minimum Gasteiger partial charge on any atom is -1.00 e. The predicted octanol–water partition coefficient (Wildman–Crippen LogP) is 3.26. The van der Waals surface area contributed by atoms with Crippen molar-refractivity contribution in [2.75, 3.05) is 11.1 Å². The average molecular weight is 634 g/mol. The van der Waals surface area contributed by atoms with Gasteiger partial charge in [-0.3, -0.25) is 0 Å². The summed E-state index contributed by atoms with van der Waals surface area (Å²) < 4.78 is 0. The maximum atomic E-state index is 4.87. The smallest absolute Gasteiger partial charge is 0.184 e. The van der Waals surface area contributed by atoms with E-state index in [0.717, 1.165) is 22.3 Å². The van der Waals surface area contributed by atoms with Crippen molar-refractivity contribution in [2.45, 2.75) is 18.9 Å². The highest BCUT2D eigenvalue weighted by atomic mass is 127. The molecule has 0 radical (unpaired) electrons. The molecule has 5 rings (SSSR count). The van der Waals surface area contributed by atoms with E-state index in [1.165, 1.54) is 26.8 Å². The third-order valence-corrected chi connectivity index (χ3v) is 11.5. The van der Waals surface area contributed by atoms with Crippen LogP contribution in [0.5, 0.6) is 0 Å². The van der Waals surface area contributed by atoms with E-state index >= 15 is 0 Å². The summed E-state index contributed by atoms with van der Waals surface area (Å²) in [7, 11) is -2.37. The zero-order chi connectivity index (χ0) is 24.8. The third-order valence-electron chi connectivity index (χ3n) is 6.15. The first-order valence-electron chi connectivity index (χ1n) is 12.1. The summed E-state index contributed by atoms with van der Waals surface area (Å²) in [5.41, 5.74) is 2.24. The van der Waals surface area contributed by atoms with E-state index in [9.17, 15) is 0 Å². The fourth-order valence-corrected chi connectivity index (χ4v) is 10.1. The van der Waals surface area contributed by atoms with Crippen LogP contribution in [0.25, 0.3) is 0 Å². The van der Waals surface area contributed by atoms with Gasteiger partial charge in [-0.2, -0.15) is 0 Å². The molecule has 0 saturated heterocycles. The first-order chi connectivity index (χ1) is 17.7. The summed E-state index contributed by atoms with van der Waals surface area (Å²) in [6.07, 6.45) is 1.69. The molecule has 1 heterocycles. The molecule has 5 aromatic rings. The van der Waals surface area contributed by atoms with Crippen molar-refractivity contribution in [2.24, 2.45) is 0 Å². The fraction of sp³-hybridized carbons (Fsp3) is 0.0968. The van der Waals surface area contributed by atoms with Crippen LogP contribution in [0, 0.1) is 6.92 Å². The summed E-state index contributed by atoms with van der Waals surface area (Å²) in [6.45, 7) is 4.28. The zero-order valence-electron chi connectivity index (χ0n) is 20.9. The van der Waals surface area contributed by atoms with Gasteiger partial charge in [-0.15, -0.1) is 11.8 Å². The van der Waals surface area contributed by atoms with Crippen LogP contribution >= 0.6 is 19.0 Å². The molecular weight excluding hydrogens is 604 g/mol. The van der Waals surface area contributed by atoms with Gasteiger partial charge in [-0.1, -0.05) is 79.2 Å². The molecule has 0 atom stereocenters. The Kier molecular flexibility index (Phi) is 9.36. The van der Waals surface area contributed by atoms with Crippen molar-refractivity contribution in [3.63, 3.8) is 0 Å². The van der Waals surface area contributed by atoms with Gasteiger partial charge in [0.25, 0.3) is 0 Å². The zero-order valence-corrected chi connectivity index (χ0v) is 24.8. The van der Waals surface area contributed by atoms with Crippen molar-refractivity contribution < 1.29 is 24.0 Å². The molecule has 0 amide bonds. The number of nitrogens with zero attached hydrogens (tertiary/aromatic N) is 2. The molecule has 186 valence electrons. The molecule has 4 aromatic carbocycles. The number of hydrogen-bond acceptors (Lipinski definition) is 4. The van der Waals surface area contributed by atoms with Crippen molar-refractivity contribution in [3.05, 3.63) is 127 Å². The predicted molar refractivity (Wildman–Crippen MR) is 158 cm³/mol. The highest BCUT2D eigenvalue weighted by molar-refractivity contribution is 8.04. The normalized spacial score (nSPS) is 11.0. The van der Waals surface area contributed by atoms with Crippen molar-refractivity contribution in [1.82, 2.24) is 9.97 Å². The molecule has 0 fully saturated rings. The van der Waals surface area contributed by atoms with Crippen LogP contribution < -0.4 is 50.5 Å². The Morgan fingerprint density at radius 2 is 1.16 bits per heavy atom. The van der Waals surface area contributed by atoms with Gasteiger partial charge in [0.2, 0.25) is 0 Å². The van der Waals surface area contributed by atoms with E-state index in [1.54, 1.807) is 18.1 Å². The van der Waals surface area contributed by atoms with Gasteiger partial charge in [0.1, 0.15) is 27.3 Å². The monoisotopic (exact) mass is 633 g/mol. The Hall–Kier alpha value is -2.73. The molecule has 0 unspecified atom stereocenters. The summed E-state index contributed by atoms with van der Waals surface area (Å²) in [6, 6.07) is 41.1. The Morgan fingerprint density at radius 1 is 0.676 bits per heavy atom. The van der Waals surface area contributed by atoms with Crippen LogP contribution in [-0.4, -0.2) is 15.7 Å². The van der Waals surface area contributed by atoms with E-state index in [2.05, 4.69) is 134 Å². The van der Waals surface area contributed by atoms with Gasteiger partial charge in [-0.05, 0) is 61.2 Å². The van der Waals surface area contributed by atoms with Gasteiger partial charge in [0.15, 0.2) is 18.4 Å². The molecule has 1 N–H and O–H groups in total. The van der Waals surface area contributed by atoms with Crippen molar-refractivity contribution in [3.8, 4) is 0 Å². The SMILES string of the molecule is CCSc1ncnc(Nc2ccc(C)cc2)c1[P+](c1ccccc1)(c1ccccc1)c1ccccc1.[I-]. The number of rotatable bonds is 8. The van der Waals surface area contributed by atoms with Crippen LogP contribution in [0.3, 0.4) is 0 Å². The van der Waals surface area contributed by atoms with E-state index in [4.69, 9.17) is 9.97 Å². The lowest BCUT2D eigenvalue weighted by molar-refractivity contribution is -0.00000713. The Bertz CT molecular complexity index is 1320. The summed E-state index contributed by atoms with van der Waals surface area (Å²) in [4.78, 5) is 9.74. The van der Waals surface area contributed by atoms with Gasteiger partial charge in [-0.25, -0.2) is 9.97 Å². The Balaban J connectivity index is 0.00000320. The molecule has 6 heteroatoms. The van der Waals surface area contributed by atoms with Gasteiger partial charge >= 0.3 is 0 Å². The molecular formula is C31H29IN3PS. The number of hydrogen-bond donors (Lipinski definition) is 1. The maximum absolute atomic E-state index is 4.87. The highest BCUT2D eigenvalue weighted by Gasteiger charge is 2.52. The number of anilines is 2. The van der Waals surface area contributed by atoms with Crippen LogP contribution in [0.2, 0.25) is 0 Å². The molecule has 0 saturated carbocycles.